The number of para-hydroxylation sites is 1. The highest BCUT2D eigenvalue weighted by molar-refractivity contribution is 9.10. The molecule has 2 aromatic carbocycles. The van der Waals surface area contributed by atoms with Crippen molar-refractivity contribution >= 4 is 27.8 Å². The summed E-state index contributed by atoms with van der Waals surface area (Å²) in [6.45, 7) is 5.64. The first kappa shape index (κ1) is 19.7. The van der Waals surface area contributed by atoms with Crippen LogP contribution in [0, 0.1) is 0 Å². The van der Waals surface area contributed by atoms with Gasteiger partial charge in [-0.2, -0.15) is 0 Å². The van der Waals surface area contributed by atoms with E-state index in [1.54, 1.807) is 30.3 Å². The van der Waals surface area contributed by atoms with E-state index >= 15 is 0 Å². The fraction of sp³-hybridized carbons (Fsp3) is 0.200. The molecule has 2 rings (SSSR count). The molecule has 136 valence electrons. The van der Waals surface area contributed by atoms with Crippen LogP contribution in [-0.2, 0) is 16.1 Å². The minimum absolute atomic E-state index is 0.267. The lowest BCUT2D eigenvalue weighted by molar-refractivity contribution is -0.128. The van der Waals surface area contributed by atoms with Crippen molar-refractivity contribution in [1.82, 2.24) is 5.32 Å². The molecule has 0 saturated heterocycles. The molecule has 1 N–H and O–H groups in total. The van der Waals surface area contributed by atoms with E-state index < -0.39 is 12.1 Å². The van der Waals surface area contributed by atoms with Crippen LogP contribution in [0.4, 0.5) is 0 Å². The number of rotatable bonds is 8. The zero-order chi connectivity index (χ0) is 18.9. The summed E-state index contributed by atoms with van der Waals surface area (Å²) in [6.07, 6.45) is 0.635. The van der Waals surface area contributed by atoms with Crippen molar-refractivity contribution in [3.05, 3.63) is 76.8 Å². The van der Waals surface area contributed by atoms with Gasteiger partial charge in [-0.3, -0.25) is 4.79 Å². The molecule has 0 aliphatic rings. The fourth-order valence-corrected chi connectivity index (χ4v) is 2.53. The summed E-state index contributed by atoms with van der Waals surface area (Å²) in [5.74, 6) is -0.606. The fourth-order valence-electron chi connectivity index (χ4n) is 2.13. The molecule has 0 aliphatic heterocycles. The van der Waals surface area contributed by atoms with Gasteiger partial charge in [0.1, 0.15) is 17.9 Å². The Morgan fingerprint density at radius 3 is 2.62 bits per heavy atom. The standard InChI is InChI=1S/C20H20BrNO4/c1-3-12-22-19(23)14(2)26-20(24)16-9-5-7-11-18(16)25-13-15-8-4-6-10-17(15)21/h3-11,14H,1,12-13H2,2H3,(H,22,23)/t14-/m0/s1. The van der Waals surface area contributed by atoms with E-state index in [0.29, 0.717) is 18.9 Å². The van der Waals surface area contributed by atoms with E-state index in [2.05, 4.69) is 27.8 Å². The molecule has 0 heterocycles. The average molecular weight is 418 g/mol. The summed E-state index contributed by atoms with van der Waals surface area (Å²) in [7, 11) is 0. The molecule has 0 fully saturated rings. The van der Waals surface area contributed by atoms with Gasteiger partial charge in [0, 0.05) is 16.6 Å². The number of hydrogen-bond donors (Lipinski definition) is 1. The molecular weight excluding hydrogens is 398 g/mol. The van der Waals surface area contributed by atoms with Gasteiger partial charge in [-0.05, 0) is 25.1 Å². The zero-order valence-electron chi connectivity index (χ0n) is 14.4. The highest BCUT2D eigenvalue weighted by atomic mass is 79.9. The molecule has 0 radical (unpaired) electrons. The Balaban J connectivity index is 2.05. The lowest BCUT2D eigenvalue weighted by Gasteiger charge is -2.15. The van der Waals surface area contributed by atoms with Crippen LogP contribution in [0.1, 0.15) is 22.8 Å². The number of carbonyl (C=O) groups excluding carboxylic acids is 2. The van der Waals surface area contributed by atoms with E-state index in [1.807, 2.05) is 24.3 Å². The minimum Gasteiger partial charge on any atom is -0.488 e. The summed E-state index contributed by atoms with van der Waals surface area (Å²) in [5, 5.41) is 2.59. The maximum absolute atomic E-state index is 12.4. The Morgan fingerprint density at radius 2 is 1.88 bits per heavy atom. The van der Waals surface area contributed by atoms with Crippen LogP contribution in [0.15, 0.2) is 65.7 Å². The van der Waals surface area contributed by atoms with Crippen LogP contribution in [-0.4, -0.2) is 24.5 Å². The van der Waals surface area contributed by atoms with Crippen LogP contribution in [0.2, 0.25) is 0 Å². The van der Waals surface area contributed by atoms with E-state index in [9.17, 15) is 9.59 Å². The molecule has 26 heavy (non-hydrogen) atoms. The molecule has 2 aromatic rings. The number of carbonyl (C=O) groups is 2. The SMILES string of the molecule is C=CCNC(=O)[C@H](C)OC(=O)c1ccccc1OCc1ccccc1Br. The van der Waals surface area contributed by atoms with E-state index in [4.69, 9.17) is 9.47 Å². The van der Waals surface area contributed by atoms with Gasteiger partial charge in [-0.25, -0.2) is 4.79 Å². The molecular formula is C20H20BrNO4. The normalized spacial score (nSPS) is 11.3. The average Bonchev–Trinajstić information content (AvgIpc) is 2.65. The molecule has 6 heteroatoms. The Kier molecular flexibility index (Phi) is 7.41. The van der Waals surface area contributed by atoms with Gasteiger partial charge in [0.15, 0.2) is 6.10 Å². The lowest BCUT2D eigenvalue weighted by atomic mass is 10.2. The monoisotopic (exact) mass is 417 g/mol. The number of halogens is 1. The summed E-state index contributed by atoms with van der Waals surface area (Å²) < 4.78 is 11.9. The third-order valence-electron chi connectivity index (χ3n) is 3.52. The molecule has 0 aromatic heterocycles. The van der Waals surface area contributed by atoms with Crippen LogP contribution in [0.3, 0.4) is 0 Å². The molecule has 0 aliphatic carbocycles. The van der Waals surface area contributed by atoms with Crippen LogP contribution in [0.5, 0.6) is 5.75 Å². The summed E-state index contributed by atoms with van der Waals surface area (Å²) in [4.78, 5) is 24.3. The van der Waals surface area contributed by atoms with Gasteiger partial charge in [0.2, 0.25) is 0 Å². The largest absolute Gasteiger partial charge is 0.488 e. The number of benzene rings is 2. The van der Waals surface area contributed by atoms with Crippen molar-refractivity contribution in [2.75, 3.05) is 6.54 Å². The van der Waals surface area contributed by atoms with Gasteiger partial charge in [-0.1, -0.05) is 52.3 Å². The summed E-state index contributed by atoms with van der Waals surface area (Å²) >= 11 is 3.46. The van der Waals surface area contributed by atoms with Gasteiger partial charge in [0.25, 0.3) is 5.91 Å². The first-order valence-corrected chi connectivity index (χ1v) is 8.87. The Labute approximate surface area is 161 Å². The Bertz CT molecular complexity index is 791. The number of hydrogen-bond acceptors (Lipinski definition) is 4. The van der Waals surface area contributed by atoms with Crippen molar-refractivity contribution in [2.24, 2.45) is 0 Å². The van der Waals surface area contributed by atoms with Crippen molar-refractivity contribution in [3.63, 3.8) is 0 Å². The number of esters is 1. The van der Waals surface area contributed by atoms with Crippen LogP contribution < -0.4 is 10.1 Å². The van der Waals surface area contributed by atoms with Crippen molar-refractivity contribution in [1.29, 1.82) is 0 Å². The molecule has 0 unspecified atom stereocenters. The first-order valence-electron chi connectivity index (χ1n) is 8.07. The number of nitrogens with one attached hydrogen (secondary N) is 1. The molecule has 1 amide bonds. The highest BCUT2D eigenvalue weighted by Gasteiger charge is 2.21. The van der Waals surface area contributed by atoms with Crippen LogP contribution >= 0.6 is 15.9 Å². The van der Waals surface area contributed by atoms with Crippen molar-refractivity contribution in [2.45, 2.75) is 19.6 Å². The maximum atomic E-state index is 12.4. The molecule has 0 saturated carbocycles. The van der Waals surface area contributed by atoms with Crippen molar-refractivity contribution < 1.29 is 19.1 Å². The Morgan fingerprint density at radius 1 is 1.19 bits per heavy atom. The molecule has 0 bridgehead atoms. The predicted molar refractivity (Wildman–Crippen MR) is 103 cm³/mol. The van der Waals surface area contributed by atoms with E-state index in [0.717, 1.165) is 10.0 Å². The number of amides is 1. The second-order valence-electron chi connectivity index (χ2n) is 5.46. The van der Waals surface area contributed by atoms with Gasteiger partial charge < -0.3 is 14.8 Å². The van der Waals surface area contributed by atoms with Gasteiger partial charge in [0.05, 0.1) is 0 Å². The van der Waals surface area contributed by atoms with Crippen LogP contribution in [0.25, 0.3) is 0 Å². The molecule has 5 nitrogen and oxygen atoms in total. The lowest BCUT2D eigenvalue weighted by Crippen LogP contribution is -2.35. The van der Waals surface area contributed by atoms with Gasteiger partial charge in [-0.15, -0.1) is 6.58 Å². The van der Waals surface area contributed by atoms with E-state index in [-0.39, 0.29) is 11.5 Å². The second kappa shape index (κ2) is 9.77. The number of ether oxygens (including phenoxy) is 2. The summed E-state index contributed by atoms with van der Waals surface area (Å²) in [5.41, 5.74) is 1.22. The van der Waals surface area contributed by atoms with E-state index in [1.165, 1.54) is 6.92 Å². The quantitative estimate of drug-likeness (QED) is 0.522. The second-order valence-corrected chi connectivity index (χ2v) is 6.31. The maximum Gasteiger partial charge on any atom is 0.342 e. The van der Waals surface area contributed by atoms with Crippen molar-refractivity contribution in [3.8, 4) is 5.75 Å². The highest BCUT2D eigenvalue weighted by Crippen LogP contribution is 2.23. The summed E-state index contributed by atoms with van der Waals surface area (Å²) in [6, 6.07) is 14.4. The third-order valence-corrected chi connectivity index (χ3v) is 4.30. The topological polar surface area (TPSA) is 64.6 Å². The predicted octanol–water partition coefficient (Wildman–Crippen LogP) is 3.88. The Hall–Kier alpha value is -2.60. The zero-order valence-corrected chi connectivity index (χ0v) is 16.0. The first-order chi connectivity index (χ1) is 12.5. The smallest absolute Gasteiger partial charge is 0.342 e. The minimum atomic E-state index is -0.918. The third kappa shape index (κ3) is 5.46. The van der Waals surface area contributed by atoms with Gasteiger partial charge >= 0.3 is 5.97 Å². The molecule has 1 atom stereocenters. The molecule has 0 spiro atoms.